The Morgan fingerprint density at radius 2 is 1.72 bits per heavy atom. The van der Waals surface area contributed by atoms with Crippen molar-refractivity contribution in [3.8, 4) is 0 Å². The molecular formula is C16H23NO. The van der Waals surface area contributed by atoms with Gasteiger partial charge < -0.3 is 10.8 Å². The van der Waals surface area contributed by atoms with E-state index >= 15 is 0 Å². The zero-order valence-corrected chi connectivity index (χ0v) is 11.4. The van der Waals surface area contributed by atoms with E-state index in [9.17, 15) is 5.11 Å². The molecule has 1 aromatic carbocycles. The van der Waals surface area contributed by atoms with Crippen molar-refractivity contribution in [1.82, 2.24) is 0 Å². The molecule has 1 fully saturated rings. The monoisotopic (exact) mass is 245 g/mol. The van der Waals surface area contributed by atoms with Crippen molar-refractivity contribution in [3.63, 3.8) is 0 Å². The number of nitrogens with two attached hydrogens (primary N) is 1. The van der Waals surface area contributed by atoms with Crippen molar-refractivity contribution >= 4 is 0 Å². The van der Waals surface area contributed by atoms with Crippen LogP contribution in [-0.2, 0) is 12.8 Å². The average Bonchev–Trinajstić information content (AvgIpc) is 2.98. The summed E-state index contributed by atoms with van der Waals surface area (Å²) in [5.41, 5.74) is 8.05. The van der Waals surface area contributed by atoms with Crippen LogP contribution in [0.15, 0.2) is 24.3 Å². The Hall–Kier alpha value is -0.860. The van der Waals surface area contributed by atoms with Gasteiger partial charge in [-0.1, -0.05) is 31.2 Å². The van der Waals surface area contributed by atoms with Crippen molar-refractivity contribution < 1.29 is 5.11 Å². The molecule has 1 unspecified atom stereocenters. The van der Waals surface area contributed by atoms with Gasteiger partial charge in [-0.2, -0.15) is 0 Å². The molecule has 0 bridgehead atoms. The molecule has 2 aliphatic carbocycles. The summed E-state index contributed by atoms with van der Waals surface area (Å²) in [5, 5.41) is 11.2. The molecule has 0 aliphatic heterocycles. The van der Waals surface area contributed by atoms with Crippen molar-refractivity contribution in [2.75, 3.05) is 6.54 Å². The first-order valence-corrected chi connectivity index (χ1v) is 6.93. The lowest BCUT2D eigenvalue weighted by Gasteiger charge is -2.46. The molecule has 1 aromatic rings. The topological polar surface area (TPSA) is 46.2 Å². The van der Waals surface area contributed by atoms with Gasteiger partial charge in [0.15, 0.2) is 0 Å². The van der Waals surface area contributed by atoms with Gasteiger partial charge in [0.25, 0.3) is 0 Å². The van der Waals surface area contributed by atoms with E-state index in [1.54, 1.807) is 0 Å². The molecule has 18 heavy (non-hydrogen) atoms. The van der Waals surface area contributed by atoms with Crippen LogP contribution in [0.2, 0.25) is 0 Å². The van der Waals surface area contributed by atoms with Gasteiger partial charge >= 0.3 is 0 Å². The zero-order valence-electron chi connectivity index (χ0n) is 11.4. The molecule has 0 radical (unpaired) electrons. The molecule has 2 aliphatic rings. The van der Waals surface area contributed by atoms with E-state index in [0.717, 1.165) is 25.7 Å². The van der Waals surface area contributed by atoms with Crippen molar-refractivity contribution in [2.45, 2.75) is 45.1 Å². The van der Waals surface area contributed by atoms with Gasteiger partial charge in [-0.15, -0.1) is 0 Å². The zero-order chi connectivity index (χ0) is 13.0. The fraction of sp³-hybridized carbons (Fsp3) is 0.625. The number of aliphatic hydroxyl groups is 1. The Balaban J connectivity index is 2.00. The third-order valence-electron chi connectivity index (χ3n) is 5.77. The number of rotatable bonds is 3. The van der Waals surface area contributed by atoms with Gasteiger partial charge in [0.2, 0.25) is 0 Å². The van der Waals surface area contributed by atoms with Gasteiger partial charge in [-0.3, -0.25) is 0 Å². The van der Waals surface area contributed by atoms with Gasteiger partial charge in [0, 0.05) is 12.0 Å². The lowest BCUT2D eigenvalue weighted by atomic mass is 9.63. The Bertz CT molecular complexity index is 449. The lowest BCUT2D eigenvalue weighted by Crippen LogP contribution is -2.56. The molecule has 0 aromatic heterocycles. The first-order chi connectivity index (χ1) is 8.44. The van der Waals surface area contributed by atoms with Gasteiger partial charge in [-0.25, -0.2) is 0 Å². The second kappa shape index (κ2) is 3.58. The largest absolute Gasteiger partial charge is 0.389 e. The summed E-state index contributed by atoms with van der Waals surface area (Å²) in [7, 11) is 0. The minimum absolute atomic E-state index is 0.0639. The highest BCUT2D eigenvalue weighted by molar-refractivity contribution is 5.37. The molecule has 2 nitrogen and oxygen atoms in total. The summed E-state index contributed by atoms with van der Waals surface area (Å²) in [5.74, 6) is 0. The first kappa shape index (κ1) is 12.2. The van der Waals surface area contributed by atoms with Gasteiger partial charge in [0.05, 0.1) is 5.60 Å². The second-order valence-electron chi connectivity index (χ2n) is 6.74. The predicted octanol–water partition coefficient (Wildman–Crippen LogP) is 2.28. The van der Waals surface area contributed by atoms with E-state index in [4.69, 9.17) is 5.73 Å². The quantitative estimate of drug-likeness (QED) is 0.858. The first-order valence-electron chi connectivity index (χ1n) is 6.93. The van der Waals surface area contributed by atoms with E-state index in [2.05, 4.69) is 31.2 Å². The summed E-state index contributed by atoms with van der Waals surface area (Å²) < 4.78 is 0. The maximum Gasteiger partial charge on any atom is 0.0747 e. The average molecular weight is 245 g/mol. The minimum Gasteiger partial charge on any atom is -0.389 e. The molecule has 0 amide bonds. The standard InChI is InChI=1S/C16H23NO/c1-14(7-8-14)15(2,18)16(11-17)9-12-5-3-4-6-13(12)10-16/h3-6,18H,7-11,17H2,1-2H3. The molecule has 2 heteroatoms. The van der Waals surface area contributed by atoms with E-state index in [-0.39, 0.29) is 10.8 Å². The van der Waals surface area contributed by atoms with Crippen LogP contribution in [-0.4, -0.2) is 17.3 Å². The molecule has 3 N–H and O–H groups in total. The predicted molar refractivity (Wildman–Crippen MR) is 73.3 cm³/mol. The number of hydrogen-bond donors (Lipinski definition) is 2. The fourth-order valence-corrected chi connectivity index (χ4v) is 3.70. The second-order valence-corrected chi connectivity index (χ2v) is 6.74. The maximum absolute atomic E-state index is 11.2. The molecule has 1 saturated carbocycles. The summed E-state index contributed by atoms with van der Waals surface area (Å²) in [6, 6.07) is 8.52. The fourth-order valence-electron chi connectivity index (χ4n) is 3.70. The van der Waals surface area contributed by atoms with Crippen LogP contribution in [0.4, 0.5) is 0 Å². The van der Waals surface area contributed by atoms with Gasteiger partial charge in [-0.05, 0) is 49.1 Å². The molecular weight excluding hydrogens is 222 g/mol. The van der Waals surface area contributed by atoms with Crippen molar-refractivity contribution in [1.29, 1.82) is 0 Å². The van der Waals surface area contributed by atoms with Gasteiger partial charge in [0.1, 0.15) is 0 Å². The van der Waals surface area contributed by atoms with Crippen LogP contribution in [0.3, 0.4) is 0 Å². The third-order valence-corrected chi connectivity index (χ3v) is 5.77. The van der Waals surface area contributed by atoms with E-state index in [1.165, 1.54) is 11.1 Å². The molecule has 0 saturated heterocycles. The molecule has 0 spiro atoms. The van der Waals surface area contributed by atoms with Crippen LogP contribution in [0.25, 0.3) is 0 Å². The van der Waals surface area contributed by atoms with E-state index < -0.39 is 5.60 Å². The van der Waals surface area contributed by atoms with Crippen LogP contribution in [0, 0.1) is 10.8 Å². The lowest BCUT2D eigenvalue weighted by molar-refractivity contribution is -0.112. The number of benzene rings is 1. The van der Waals surface area contributed by atoms with Crippen LogP contribution in [0.1, 0.15) is 37.8 Å². The summed E-state index contributed by atoms with van der Waals surface area (Å²) in [4.78, 5) is 0. The normalized spacial score (nSPS) is 26.4. The van der Waals surface area contributed by atoms with Crippen LogP contribution >= 0.6 is 0 Å². The van der Waals surface area contributed by atoms with E-state index in [0.29, 0.717) is 6.54 Å². The molecule has 3 rings (SSSR count). The van der Waals surface area contributed by atoms with E-state index in [1.807, 2.05) is 6.92 Å². The Morgan fingerprint density at radius 1 is 1.22 bits per heavy atom. The summed E-state index contributed by atoms with van der Waals surface area (Å²) in [6.07, 6.45) is 4.08. The third kappa shape index (κ3) is 1.42. The number of hydrogen-bond acceptors (Lipinski definition) is 2. The van der Waals surface area contributed by atoms with Crippen LogP contribution in [0.5, 0.6) is 0 Å². The Kier molecular flexibility index (Phi) is 2.43. The molecule has 0 heterocycles. The summed E-state index contributed by atoms with van der Waals surface area (Å²) in [6.45, 7) is 4.77. The van der Waals surface area contributed by atoms with Crippen LogP contribution < -0.4 is 5.73 Å². The number of fused-ring (bicyclic) bond motifs is 1. The Labute approximate surface area is 109 Å². The summed E-state index contributed by atoms with van der Waals surface area (Å²) >= 11 is 0. The Morgan fingerprint density at radius 3 is 2.11 bits per heavy atom. The SMILES string of the molecule is CC1(C(C)(O)C2(CN)Cc3ccccc3C2)CC1. The van der Waals surface area contributed by atoms with Crippen molar-refractivity contribution in [2.24, 2.45) is 16.6 Å². The highest BCUT2D eigenvalue weighted by Crippen LogP contribution is 2.62. The highest BCUT2D eigenvalue weighted by Gasteiger charge is 2.62. The molecule has 1 atom stereocenters. The van der Waals surface area contributed by atoms with Crippen molar-refractivity contribution in [3.05, 3.63) is 35.4 Å². The molecule has 98 valence electrons. The highest BCUT2D eigenvalue weighted by atomic mass is 16.3. The minimum atomic E-state index is -0.673. The maximum atomic E-state index is 11.2. The smallest absolute Gasteiger partial charge is 0.0747 e.